The van der Waals surface area contributed by atoms with Gasteiger partial charge in [0.25, 0.3) is 0 Å². The van der Waals surface area contributed by atoms with Crippen LogP contribution in [0.5, 0.6) is 0 Å². The Balaban J connectivity index is 0.000000132. The highest BCUT2D eigenvalue weighted by Gasteiger charge is 1.95. The molecule has 0 saturated heterocycles. The van der Waals surface area contributed by atoms with Crippen LogP contribution in [0.2, 0.25) is 5.02 Å². The predicted molar refractivity (Wildman–Crippen MR) is 61.8 cm³/mol. The van der Waals surface area contributed by atoms with E-state index in [0.29, 0.717) is 0 Å². The Hall–Kier alpha value is -0.0100. The molecule has 1 aliphatic carbocycles. The van der Waals surface area contributed by atoms with E-state index in [2.05, 4.69) is 0 Å². The van der Waals surface area contributed by atoms with E-state index < -0.39 is 0 Å². The number of hydrogen-bond acceptors (Lipinski definition) is 1. The summed E-state index contributed by atoms with van der Waals surface area (Å²) in [6.07, 6.45) is 9.00. The van der Waals surface area contributed by atoms with Gasteiger partial charge in [-0.3, -0.25) is 0 Å². The minimum absolute atomic E-state index is 0.880. The Labute approximate surface area is 89.9 Å². The molecule has 0 unspecified atom stereocenters. The van der Waals surface area contributed by atoms with Crippen LogP contribution in [-0.4, -0.2) is 0 Å². The summed E-state index contributed by atoms with van der Waals surface area (Å²) in [6, 6.07) is 1.90. The minimum atomic E-state index is 0.880. The van der Waals surface area contributed by atoms with Crippen molar-refractivity contribution >= 4 is 22.9 Å². The van der Waals surface area contributed by atoms with Gasteiger partial charge in [-0.05, 0) is 18.4 Å². The third-order valence-corrected chi connectivity index (χ3v) is 3.66. The molecule has 1 aromatic rings. The molecule has 0 nitrogen and oxygen atoms in total. The second-order valence-corrected chi connectivity index (χ2v) is 4.97. The Morgan fingerprint density at radius 3 is 1.69 bits per heavy atom. The average molecular weight is 217 g/mol. The maximum atomic E-state index is 5.63. The van der Waals surface area contributed by atoms with Gasteiger partial charge in [0.2, 0.25) is 0 Å². The third kappa shape index (κ3) is 4.68. The highest BCUT2D eigenvalue weighted by atomic mass is 35.5. The van der Waals surface area contributed by atoms with E-state index in [1.165, 1.54) is 43.4 Å². The Bertz CT molecular complexity index is 198. The quantitative estimate of drug-likeness (QED) is 0.569. The van der Waals surface area contributed by atoms with Gasteiger partial charge in [-0.2, -0.15) is 0 Å². The second kappa shape index (κ2) is 6.44. The minimum Gasteiger partial charge on any atom is -0.148 e. The molecule has 2 rings (SSSR count). The molecule has 0 amide bonds. The molecular weight excluding hydrogens is 200 g/mol. The van der Waals surface area contributed by atoms with Gasteiger partial charge in [0, 0.05) is 4.88 Å². The lowest BCUT2D eigenvalue weighted by molar-refractivity contribution is 0.504. The molecule has 1 heterocycles. The van der Waals surface area contributed by atoms with Crippen LogP contribution in [-0.2, 0) is 0 Å². The lowest BCUT2D eigenvalue weighted by Gasteiger charge is -2.05. The maximum absolute atomic E-state index is 5.63. The molecule has 0 spiro atoms. The van der Waals surface area contributed by atoms with Crippen LogP contribution in [0.25, 0.3) is 0 Å². The zero-order chi connectivity index (χ0) is 9.52. The molecule has 74 valence electrons. The molecule has 1 fully saturated rings. The van der Waals surface area contributed by atoms with Crippen LogP contribution in [0.4, 0.5) is 0 Å². The molecule has 1 aromatic heterocycles. The summed E-state index contributed by atoms with van der Waals surface area (Å²) in [7, 11) is 0. The van der Waals surface area contributed by atoms with Crippen LogP contribution in [0.1, 0.15) is 43.4 Å². The van der Waals surface area contributed by atoms with Gasteiger partial charge >= 0.3 is 0 Å². The Morgan fingerprint density at radius 2 is 1.54 bits per heavy atom. The van der Waals surface area contributed by atoms with Gasteiger partial charge in [-0.25, -0.2) is 0 Å². The fourth-order valence-corrected chi connectivity index (χ4v) is 2.29. The van der Waals surface area contributed by atoms with Crippen molar-refractivity contribution in [3.63, 3.8) is 0 Å². The van der Waals surface area contributed by atoms with E-state index in [9.17, 15) is 0 Å². The summed E-state index contributed by atoms with van der Waals surface area (Å²) in [5.41, 5.74) is 0. The van der Waals surface area contributed by atoms with Gasteiger partial charge in [0.05, 0.1) is 5.02 Å². The number of hydrogen-bond donors (Lipinski definition) is 0. The van der Waals surface area contributed by atoms with Crippen LogP contribution in [0.3, 0.4) is 0 Å². The van der Waals surface area contributed by atoms with Crippen molar-refractivity contribution in [3.8, 4) is 0 Å². The first-order valence-electron chi connectivity index (χ1n) is 5.00. The molecule has 0 N–H and O–H groups in total. The van der Waals surface area contributed by atoms with Gasteiger partial charge in [-0.15, -0.1) is 11.3 Å². The zero-order valence-corrected chi connectivity index (χ0v) is 9.76. The molecule has 0 atom stereocenters. The van der Waals surface area contributed by atoms with E-state index in [0.717, 1.165) is 5.02 Å². The second-order valence-electron chi connectivity index (χ2n) is 3.45. The number of rotatable bonds is 0. The molecule has 0 aliphatic heterocycles. The summed E-state index contributed by atoms with van der Waals surface area (Å²) >= 11 is 7.31. The summed E-state index contributed by atoms with van der Waals surface area (Å²) in [5, 5.41) is 2.86. The van der Waals surface area contributed by atoms with Crippen molar-refractivity contribution in [1.82, 2.24) is 0 Å². The van der Waals surface area contributed by atoms with E-state index in [4.69, 9.17) is 11.6 Å². The smallest absolute Gasteiger partial charge is 0.0542 e. The van der Waals surface area contributed by atoms with Crippen molar-refractivity contribution in [1.29, 1.82) is 0 Å². The normalized spacial score (nSPS) is 16.2. The summed E-state index contributed by atoms with van der Waals surface area (Å²) in [5.74, 6) is 0. The molecule has 0 bridgehead atoms. The summed E-state index contributed by atoms with van der Waals surface area (Å²) < 4.78 is 0. The van der Waals surface area contributed by atoms with Gasteiger partial charge < -0.3 is 0 Å². The highest BCUT2D eigenvalue weighted by Crippen LogP contribution is 2.19. The van der Waals surface area contributed by atoms with Crippen molar-refractivity contribution in [3.05, 3.63) is 21.3 Å². The first-order chi connectivity index (χ1) is 6.30. The van der Waals surface area contributed by atoms with Crippen LogP contribution in [0, 0.1) is 6.92 Å². The fourth-order valence-electron chi connectivity index (χ4n) is 1.43. The van der Waals surface area contributed by atoms with E-state index >= 15 is 0 Å². The average Bonchev–Trinajstić information content (AvgIpc) is 2.55. The monoisotopic (exact) mass is 216 g/mol. The van der Waals surface area contributed by atoms with Crippen molar-refractivity contribution in [2.75, 3.05) is 0 Å². The largest absolute Gasteiger partial charge is 0.148 e. The summed E-state index contributed by atoms with van der Waals surface area (Å²) in [6.45, 7) is 2.01. The molecule has 0 radical (unpaired) electrons. The zero-order valence-electron chi connectivity index (χ0n) is 8.18. The van der Waals surface area contributed by atoms with E-state index in [1.807, 2.05) is 18.4 Å². The first-order valence-corrected chi connectivity index (χ1v) is 6.26. The summed E-state index contributed by atoms with van der Waals surface area (Å²) in [4.78, 5) is 1.20. The van der Waals surface area contributed by atoms with Crippen molar-refractivity contribution in [2.45, 2.75) is 45.4 Å². The molecule has 0 aromatic carbocycles. The number of aryl methyl sites for hydroxylation is 1. The molecular formula is C11H17ClS. The predicted octanol–water partition coefficient (Wildman–Crippen LogP) is 5.05. The lowest BCUT2D eigenvalue weighted by Crippen LogP contribution is -1.85. The Morgan fingerprint density at radius 1 is 1.08 bits per heavy atom. The highest BCUT2D eigenvalue weighted by molar-refractivity contribution is 7.10. The number of halogens is 1. The van der Waals surface area contributed by atoms with Crippen LogP contribution >= 0.6 is 22.9 Å². The molecule has 2 heteroatoms. The van der Waals surface area contributed by atoms with Crippen molar-refractivity contribution < 1.29 is 0 Å². The van der Waals surface area contributed by atoms with Crippen LogP contribution < -0.4 is 0 Å². The first kappa shape index (κ1) is 11.1. The van der Waals surface area contributed by atoms with Crippen molar-refractivity contribution in [2.24, 2.45) is 0 Å². The maximum Gasteiger partial charge on any atom is 0.0542 e. The van der Waals surface area contributed by atoms with Crippen LogP contribution in [0.15, 0.2) is 11.4 Å². The standard InChI is InChI=1S/C6H12.C5H5ClS/c1-2-4-6-5-3-1;1-4-5(6)2-3-7-4/h1-6H2;2-3H,1H3. The SMILES string of the molecule is C1CCCCC1.Cc1sccc1Cl. The van der Waals surface area contributed by atoms with E-state index in [1.54, 1.807) is 11.3 Å². The van der Waals surface area contributed by atoms with E-state index in [-0.39, 0.29) is 0 Å². The Kier molecular flexibility index (Phi) is 5.49. The molecule has 1 saturated carbocycles. The number of thiophene rings is 1. The van der Waals surface area contributed by atoms with Gasteiger partial charge in [0.1, 0.15) is 0 Å². The van der Waals surface area contributed by atoms with Gasteiger partial charge in [0.15, 0.2) is 0 Å². The topological polar surface area (TPSA) is 0 Å². The fraction of sp³-hybridized carbons (Fsp3) is 0.636. The molecule has 1 aliphatic rings. The van der Waals surface area contributed by atoms with Gasteiger partial charge in [-0.1, -0.05) is 50.1 Å². The molecule has 13 heavy (non-hydrogen) atoms. The third-order valence-electron chi connectivity index (χ3n) is 2.30. The lowest BCUT2D eigenvalue weighted by atomic mass is 10.0.